The Bertz CT molecular complexity index is 296. The molecule has 2 aliphatic rings. The van der Waals surface area contributed by atoms with Crippen LogP contribution in [0.15, 0.2) is 0 Å². The SMILES string of the molecule is CCOC(=O)C12CCCC1(O)OC(CI)C2. The lowest BCUT2D eigenvalue weighted by Gasteiger charge is -2.31. The largest absolute Gasteiger partial charge is 0.465 e. The zero-order chi connectivity index (χ0) is 11.8. The quantitative estimate of drug-likeness (QED) is 0.482. The van der Waals surface area contributed by atoms with Crippen LogP contribution in [-0.2, 0) is 14.3 Å². The summed E-state index contributed by atoms with van der Waals surface area (Å²) in [5, 5.41) is 10.5. The van der Waals surface area contributed by atoms with E-state index in [1.54, 1.807) is 6.92 Å². The van der Waals surface area contributed by atoms with Gasteiger partial charge in [-0.25, -0.2) is 0 Å². The van der Waals surface area contributed by atoms with Crippen molar-refractivity contribution in [2.75, 3.05) is 11.0 Å². The van der Waals surface area contributed by atoms with Gasteiger partial charge < -0.3 is 14.6 Å². The summed E-state index contributed by atoms with van der Waals surface area (Å²) in [6, 6.07) is 0. The highest BCUT2D eigenvalue weighted by atomic mass is 127. The standard InChI is InChI=1S/C11H17IO4/c1-2-15-9(13)10-4-3-5-11(10,14)16-8(6-10)7-12/h8,14H,2-7H2,1H3. The van der Waals surface area contributed by atoms with Crippen molar-refractivity contribution in [2.24, 2.45) is 5.41 Å². The lowest BCUT2D eigenvalue weighted by Crippen LogP contribution is -2.46. The van der Waals surface area contributed by atoms with Crippen LogP contribution in [0.2, 0.25) is 0 Å². The molecule has 92 valence electrons. The summed E-state index contributed by atoms with van der Waals surface area (Å²) in [5.41, 5.74) is -0.807. The first-order valence-electron chi connectivity index (χ1n) is 5.71. The predicted octanol–water partition coefficient (Wildman–Crippen LogP) is 1.63. The second-order valence-electron chi connectivity index (χ2n) is 4.54. The van der Waals surface area contributed by atoms with Crippen molar-refractivity contribution in [3.05, 3.63) is 0 Å². The van der Waals surface area contributed by atoms with Gasteiger partial charge in [-0.15, -0.1) is 0 Å². The molecule has 1 aliphatic carbocycles. The number of rotatable bonds is 3. The lowest BCUT2D eigenvalue weighted by molar-refractivity contribution is -0.230. The van der Waals surface area contributed by atoms with E-state index in [0.717, 1.165) is 10.8 Å². The van der Waals surface area contributed by atoms with Crippen molar-refractivity contribution in [1.82, 2.24) is 0 Å². The molecule has 16 heavy (non-hydrogen) atoms. The molecule has 0 spiro atoms. The van der Waals surface area contributed by atoms with Gasteiger partial charge in [-0.2, -0.15) is 0 Å². The number of carbonyl (C=O) groups is 1. The first-order valence-corrected chi connectivity index (χ1v) is 7.24. The van der Waals surface area contributed by atoms with E-state index in [2.05, 4.69) is 22.6 Å². The Morgan fingerprint density at radius 1 is 1.62 bits per heavy atom. The van der Waals surface area contributed by atoms with Crippen molar-refractivity contribution in [3.63, 3.8) is 0 Å². The molecule has 5 heteroatoms. The Balaban J connectivity index is 2.25. The maximum atomic E-state index is 12.1. The lowest BCUT2D eigenvalue weighted by atomic mass is 9.79. The third-order valence-corrected chi connectivity index (χ3v) is 4.63. The molecular formula is C11H17IO4. The van der Waals surface area contributed by atoms with E-state index in [9.17, 15) is 9.90 Å². The molecule has 2 fully saturated rings. The highest BCUT2D eigenvalue weighted by Gasteiger charge is 2.66. The Morgan fingerprint density at radius 3 is 3.00 bits per heavy atom. The normalized spacial score (nSPS) is 42.1. The fraction of sp³-hybridized carbons (Fsp3) is 0.909. The molecule has 0 aromatic heterocycles. The number of hydrogen-bond donors (Lipinski definition) is 1. The van der Waals surface area contributed by atoms with Crippen LogP contribution in [0.25, 0.3) is 0 Å². The number of carbonyl (C=O) groups excluding carboxylic acids is 1. The van der Waals surface area contributed by atoms with Crippen molar-refractivity contribution in [1.29, 1.82) is 0 Å². The number of ether oxygens (including phenoxy) is 2. The highest BCUT2D eigenvalue weighted by Crippen LogP contribution is 2.56. The van der Waals surface area contributed by atoms with Gasteiger partial charge in [0.15, 0.2) is 5.79 Å². The second kappa shape index (κ2) is 4.42. The summed E-state index contributed by atoms with van der Waals surface area (Å²) >= 11 is 2.22. The number of alkyl halides is 1. The monoisotopic (exact) mass is 340 g/mol. The molecule has 0 aromatic rings. The zero-order valence-electron chi connectivity index (χ0n) is 9.37. The predicted molar refractivity (Wildman–Crippen MR) is 66.2 cm³/mol. The molecule has 0 bridgehead atoms. The number of fused-ring (bicyclic) bond motifs is 1. The van der Waals surface area contributed by atoms with E-state index in [4.69, 9.17) is 9.47 Å². The maximum Gasteiger partial charge on any atom is 0.317 e. The van der Waals surface area contributed by atoms with Gasteiger partial charge in [-0.05, 0) is 26.2 Å². The van der Waals surface area contributed by atoms with Gasteiger partial charge in [0.2, 0.25) is 0 Å². The second-order valence-corrected chi connectivity index (χ2v) is 5.42. The van der Waals surface area contributed by atoms with E-state index in [1.807, 2.05) is 0 Å². The van der Waals surface area contributed by atoms with Crippen LogP contribution in [0.3, 0.4) is 0 Å². The van der Waals surface area contributed by atoms with Crippen molar-refractivity contribution < 1.29 is 19.4 Å². The van der Waals surface area contributed by atoms with Crippen LogP contribution in [0.4, 0.5) is 0 Å². The molecule has 2 rings (SSSR count). The van der Waals surface area contributed by atoms with Crippen LogP contribution < -0.4 is 0 Å². The molecule has 1 saturated heterocycles. The highest BCUT2D eigenvalue weighted by molar-refractivity contribution is 14.1. The molecule has 0 amide bonds. The topological polar surface area (TPSA) is 55.8 Å². The third kappa shape index (κ3) is 1.67. The maximum absolute atomic E-state index is 12.1. The van der Waals surface area contributed by atoms with Crippen LogP contribution in [0.1, 0.15) is 32.6 Å². The summed E-state index contributed by atoms with van der Waals surface area (Å²) in [6.45, 7) is 2.14. The summed E-state index contributed by atoms with van der Waals surface area (Å²) in [4.78, 5) is 12.1. The van der Waals surface area contributed by atoms with Gasteiger partial charge >= 0.3 is 5.97 Å². The molecule has 0 aromatic carbocycles. The smallest absolute Gasteiger partial charge is 0.317 e. The number of halogens is 1. The average Bonchev–Trinajstić information content (AvgIpc) is 2.69. The minimum atomic E-state index is -1.28. The fourth-order valence-electron chi connectivity index (χ4n) is 2.90. The molecule has 1 N–H and O–H groups in total. The van der Waals surface area contributed by atoms with E-state index in [-0.39, 0.29) is 12.1 Å². The van der Waals surface area contributed by atoms with E-state index in [0.29, 0.717) is 25.9 Å². The van der Waals surface area contributed by atoms with Gasteiger partial charge in [0.05, 0.1) is 12.7 Å². The van der Waals surface area contributed by atoms with Crippen LogP contribution >= 0.6 is 22.6 Å². The molecule has 1 saturated carbocycles. The average molecular weight is 340 g/mol. The van der Waals surface area contributed by atoms with Gasteiger partial charge in [0, 0.05) is 10.8 Å². The molecule has 3 unspecified atom stereocenters. The van der Waals surface area contributed by atoms with Crippen LogP contribution in [-0.4, -0.2) is 34.0 Å². The summed E-state index contributed by atoms with van der Waals surface area (Å²) in [7, 11) is 0. The van der Waals surface area contributed by atoms with E-state index < -0.39 is 11.2 Å². The van der Waals surface area contributed by atoms with Crippen molar-refractivity contribution >= 4 is 28.6 Å². The number of esters is 1. The van der Waals surface area contributed by atoms with E-state index in [1.165, 1.54) is 0 Å². The van der Waals surface area contributed by atoms with Crippen molar-refractivity contribution in [3.8, 4) is 0 Å². The van der Waals surface area contributed by atoms with Gasteiger partial charge in [0.1, 0.15) is 5.41 Å². The minimum Gasteiger partial charge on any atom is -0.465 e. The minimum absolute atomic E-state index is 0.0321. The number of hydrogen-bond acceptors (Lipinski definition) is 4. The van der Waals surface area contributed by atoms with E-state index >= 15 is 0 Å². The van der Waals surface area contributed by atoms with Crippen LogP contribution in [0.5, 0.6) is 0 Å². The van der Waals surface area contributed by atoms with Gasteiger partial charge in [-0.1, -0.05) is 22.6 Å². The Morgan fingerprint density at radius 2 is 2.38 bits per heavy atom. The molecule has 1 aliphatic heterocycles. The first kappa shape index (κ1) is 12.6. The summed E-state index contributed by atoms with van der Waals surface area (Å²) < 4.78 is 11.5. The molecule has 4 nitrogen and oxygen atoms in total. The number of aliphatic hydroxyl groups is 1. The summed E-state index contributed by atoms with van der Waals surface area (Å²) in [6.07, 6.45) is 2.60. The zero-order valence-corrected chi connectivity index (χ0v) is 11.5. The molecular weight excluding hydrogens is 323 g/mol. The van der Waals surface area contributed by atoms with Crippen LogP contribution in [0, 0.1) is 5.41 Å². The third-order valence-electron chi connectivity index (χ3n) is 3.64. The molecule has 1 heterocycles. The van der Waals surface area contributed by atoms with Gasteiger partial charge in [-0.3, -0.25) is 4.79 Å². The first-order chi connectivity index (χ1) is 7.58. The Labute approximate surface area is 109 Å². The van der Waals surface area contributed by atoms with Gasteiger partial charge in [0.25, 0.3) is 0 Å². The molecule has 3 atom stereocenters. The van der Waals surface area contributed by atoms with Crippen molar-refractivity contribution in [2.45, 2.75) is 44.5 Å². The molecule has 0 radical (unpaired) electrons. The fourth-order valence-corrected chi connectivity index (χ4v) is 3.40. The summed E-state index contributed by atoms with van der Waals surface area (Å²) in [5.74, 6) is -1.57. The Kier molecular flexibility index (Phi) is 3.47. The Hall–Kier alpha value is 0.120.